The average Bonchev–Trinajstić information content (AvgIpc) is 2.75. The van der Waals surface area contributed by atoms with Gasteiger partial charge in [-0.05, 0) is 23.3 Å². The zero-order valence-corrected chi connectivity index (χ0v) is 16.9. The van der Waals surface area contributed by atoms with E-state index in [9.17, 15) is 13.2 Å². The van der Waals surface area contributed by atoms with Crippen LogP contribution in [0, 0.1) is 0 Å². The number of nitrogens with zero attached hydrogens (tertiary/aromatic N) is 1. The van der Waals surface area contributed by atoms with E-state index in [0.717, 1.165) is 16.8 Å². The van der Waals surface area contributed by atoms with Crippen molar-refractivity contribution in [3.8, 4) is 0 Å². The van der Waals surface area contributed by atoms with Crippen molar-refractivity contribution in [1.29, 1.82) is 0 Å². The highest BCUT2D eigenvalue weighted by molar-refractivity contribution is 7.87. The highest BCUT2D eigenvalue weighted by Crippen LogP contribution is 2.10. The third kappa shape index (κ3) is 7.76. The molecule has 1 amide bonds. The van der Waals surface area contributed by atoms with Crippen LogP contribution in [-0.2, 0) is 27.1 Å². The van der Waals surface area contributed by atoms with Crippen molar-refractivity contribution in [2.75, 3.05) is 0 Å². The quantitative estimate of drug-likeness (QED) is 0.269. The van der Waals surface area contributed by atoms with Gasteiger partial charge in [0.05, 0.1) is 5.71 Å². The van der Waals surface area contributed by atoms with Crippen LogP contribution in [0.25, 0.3) is 0 Å². The molecule has 0 aliphatic heterocycles. The predicted molar refractivity (Wildman–Crippen MR) is 114 cm³/mol. The van der Waals surface area contributed by atoms with Crippen LogP contribution < -0.4 is 5.73 Å². The lowest BCUT2D eigenvalue weighted by atomic mass is 10.0. The Morgan fingerprint density at radius 2 is 1.20 bits per heavy atom. The van der Waals surface area contributed by atoms with E-state index >= 15 is 0 Å². The minimum Gasteiger partial charge on any atom is -0.411 e. The van der Waals surface area contributed by atoms with E-state index in [1.165, 1.54) is 24.3 Å². The van der Waals surface area contributed by atoms with Gasteiger partial charge in [-0.1, -0.05) is 84.0 Å². The summed E-state index contributed by atoms with van der Waals surface area (Å²) in [6.07, 6.45) is 0.0298. The second-order valence-corrected chi connectivity index (χ2v) is 7.71. The first-order valence-electron chi connectivity index (χ1n) is 8.97. The van der Waals surface area contributed by atoms with Crippen molar-refractivity contribution in [2.45, 2.75) is 17.7 Å². The lowest BCUT2D eigenvalue weighted by Gasteiger charge is -2.04. The van der Waals surface area contributed by atoms with Gasteiger partial charge in [0, 0.05) is 12.8 Å². The van der Waals surface area contributed by atoms with Gasteiger partial charge in [0.15, 0.2) is 0 Å². The fraction of sp³-hybridized carbons (Fsp3) is 0.0909. The Labute approximate surface area is 175 Å². The van der Waals surface area contributed by atoms with Crippen molar-refractivity contribution in [3.63, 3.8) is 0 Å². The summed E-state index contributed by atoms with van der Waals surface area (Å²) in [4.78, 5) is 10.1. The molecule has 0 aliphatic carbocycles. The van der Waals surface area contributed by atoms with E-state index in [0.29, 0.717) is 12.8 Å². The van der Waals surface area contributed by atoms with Crippen molar-refractivity contribution in [2.24, 2.45) is 10.9 Å². The second kappa shape index (κ2) is 11.4. The Balaban J connectivity index is 0.000000222. The van der Waals surface area contributed by atoms with Crippen LogP contribution in [0.15, 0.2) is 101 Å². The topological polar surface area (TPSA) is 119 Å². The summed E-state index contributed by atoms with van der Waals surface area (Å²) in [5.74, 6) is 0. The largest absolute Gasteiger partial charge is 0.420 e. The molecule has 8 heteroatoms. The molecular formula is C22H22N2O5S. The van der Waals surface area contributed by atoms with Crippen LogP contribution in [0.2, 0.25) is 0 Å². The number of carbonyl (C=O) groups excluding carboxylic acids is 1. The highest BCUT2D eigenvalue weighted by atomic mass is 32.2. The van der Waals surface area contributed by atoms with Gasteiger partial charge in [-0.15, -0.1) is 0 Å². The fourth-order valence-electron chi connectivity index (χ4n) is 2.54. The molecule has 0 aliphatic rings. The first kappa shape index (κ1) is 22.6. The van der Waals surface area contributed by atoms with E-state index < -0.39 is 16.2 Å². The smallest absolute Gasteiger partial charge is 0.411 e. The molecule has 0 unspecified atom stereocenters. The number of amides is 1. The average molecular weight is 426 g/mol. The number of oxime groups is 1. The number of hydrogen-bond donors (Lipinski definition) is 2. The summed E-state index contributed by atoms with van der Waals surface area (Å²) in [5, 5.41) is 12.4. The zero-order chi connectivity index (χ0) is 21.8. The number of primary amides is 1. The summed E-state index contributed by atoms with van der Waals surface area (Å²) in [5.41, 5.74) is 7.68. The Kier molecular flexibility index (Phi) is 8.58. The number of rotatable bonds is 6. The van der Waals surface area contributed by atoms with Crippen molar-refractivity contribution in [1.82, 2.24) is 0 Å². The molecule has 0 spiro atoms. The van der Waals surface area contributed by atoms with E-state index in [1.54, 1.807) is 6.07 Å². The maximum atomic E-state index is 11.1. The molecule has 0 radical (unpaired) electrons. The van der Waals surface area contributed by atoms with Crippen molar-refractivity contribution < 1.29 is 22.6 Å². The molecule has 0 saturated carbocycles. The van der Waals surface area contributed by atoms with Gasteiger partial charge >= 0.3 is 16.2 Å². The van der Waals surface area contributed by atoms with Gasteiger partial charge in [0.1, 0.15) is 4.90 Å². The second-order valence-electron chi connectivity index (χ2n) is 6.16. The van der Waals surface area contributed by atoms with Gasteiger partial charge in [-0.3, -0.25) is 0 Å². The minimum absolute atomic E-state index is 0.103. The molecule has 3 N–H and O–H groups in total. The van der Waals surface area contributed by atoms with Crippen LogP contribution >= 0.6 is 0 Å². The molecule has 3 rings (SSSR count). The normalized spacial score (nSPS) is 10.3. The summed E-state index contributed by atoms with van der Waals surface area (Å²) in [7, 11) is -4.03. The van der Waals surface area contributed by atoms with Crippen molar-refractivity contribution in [3.05, 3.63) is 102 Å². The Morgan fingerprint density at radius 1 is 0.800 bits per heavy atom. The molecule has 0 bridgehead atoms. The number of benzene rings is 3. The summed E-state index contributed by atoms with van der Waals surface area (Å²) >= 11 is 0. The predicted octanol–water partition coefficient (Wildman–Crippen LogP) is 3.77. The first-order chi connectivity index (χ1) is 14.4. The van der Waals surface area contributed by atoms with Crippen molar-refractivity contribution >= 4 is 21.9 Å². The van der Waals surface area contributed by atoms with E-state index in [1.807, 2.05) is 60.7 Å². The molecule has 0 fully saturated rings. The Hall–Kier alpha value is -3.65. The molecule has 7 nitrogen and oxygen atoms in total. The molecular weight excluding hydrogens is 404 g/mol. The summed E-state index contributed by atoms with van der Waals surface area (Å²) < 4.78 is 26.2. The van der Waals surface area contributed by atoms with Gasteiger partial charge < -0.3 is 15.1 Å². The minimum atomic E-state index is -4.03. The Morgan fingerprint density at radius 3 is 1.57 bits per heavy atom. The van der Waals surface area contributed by atoms with E-state index in [4.69, 9.17) is 5.21 Å². The number of nitrogens with two attached hydrogens (primary N) is 1. The van der Waals surface area contributed by atoms with E-state index in [2.05, 4.69) is 15.1 Å². The lowest BCUT2D eigenvalue weighted by molar-refractivity contribution is 0.212. The zero-order valence-electron chi connectivity index (χ0n) is 16.1. The molecule has 30 heavy (non-hydrogen) atoms. The fourth-order valence-corrected chi connectivity index (χ4v) is 3.34. The van der Waals surface area contributed by atoms with Crippen LogP contribution in [0.5, 0.6) is 0 Å². The standard InChI is InChI=1S/C15H15NO.C7H7NO4S/c17-16-15(11-13-7-3-1-4-8-13)12-14-9-5-2-6-10-14;8-7(9)12-13(10,11)6-4-2-1-3-5-6/h1-10,17H,11-12H2;1-5H,(H2,8,9). The number of carbonyl (C=O) groups is 1. The lowest BCUT2D eigenvalue weighted by Crippen LogP contribution is -2.18. The molecule has 0 aromatic heterocycles. The third-order valence-electron chi connectivity index (χ3n) is 3.87. The van der Waals surface area contributed by atoms with Crippen LogP contribution in [0.4, 0.5) is 4.79 Å². The highest BCUT2D eigenvalue weighted by Gasteiger charge is 2.17. The summed E-state index contributed by atoms with van der Waals surface area (Å²) in [6.45, 7) is 0. The van der Waals surface area contributed by atoms with Crippen LogP contribution in [0.1, 0.15) is 11.1 Å². The van der Waals surface area contributed by atoms with E-state index in [-0.39, 0.29) is 4.90 Å². The molecule has 156 valence electrons. The molecule has 3 aromatic carbocycles. The van der Waals surface area contributed by atoms with Crippen LogP contribution in [0.3, 0.4) is 0 Å². The van der Waals surface area contributed by atoms with Gasteiger partial charge in [0.25, 0.3) is 0 Å². The third-order valence-corrected chi connectivity index (χ3v) is 5.10. The van der Waals surface area contributed by atoms with Gasteiger partial charge in [-0.25, -0.2) is 4.79 Å². The van der Waals surface area contributed by atoms with Gasteiger partial charge in [-0.2, -0.15) is 8.42 Å². The SMILES string of the molecule is NC(=O)OS(=O)(=O)c1ccccc1.ON=C(Cc1ccccc1)Cc1ccccc1. The molecule has 3 aromatic rings. The molecule has 0 heterocycles. The van der Waals surface area contributed by atoms with Gasteiger partial charge in [0.2, 0.25) is 0 Å². The first-order valence-corrected chi connectivity index (χ1v) is 10.4. The molecule has 0 atom stereocenters. The maximum Gasteiger partial charge on any atom is 0.420 e. The Bertz CT molecular complexity index is 1010. The maximum absolute atomic E-state index is 11.1. The monoisotopic (exact) mass is 426 g/mol. The summed E-state index contributed by atoms with van der Waals surface area (Å²) in [6, 6.07) is 27.4. The molecule has 0 saturated heterocycles. The van der Waals surface area contributed by atoms with Crippen LogP contribution in [-0.4, -0.2) is 25.4 Å². The number of hydrogen-bond acceptors (Lipinski definition) is 6.